The first-order valence-electron chi connectivity index (χ1n) is 3.08. The Hall–Kier alpha value is -1.29. The summed E-state index contributed by atoms with van der Waals surface area (Å²) in [5.74, 6) is -0.805. The summed E-state index contributed by atoms with van der Waals surface area (Å²) in [5, 5.41) is 8.68. The Morgan fingerprint density at radius 2 is 2.42 bits per heavy atom. The summed E-state index contributed by atoms with van der Waals surface area (Å²) in [6.07, 6.45) is 1.16. The van der Waals surface area contributed by atoms with E-state index in [1.165, 1.54) is 13.2 Å². The van der Waals surface area contributed by atoms with Crippen molar-refractivity contribution in [1.29, 1.82) is 0 Å². The Kier molecular flexibility index (Phi) is 2.50. The largest absolute Gasteiger partial charge is 0.481 e. The highest BCUT2D eigenvalue weighted by Gasteiger charge is 2.09. The van der Waals surface area contributed by atoms with Gasteiger partial charge in [-0.3, -0.25) is 0 Å². The molecule has 4 nitrogen and oxygen atoms in total. The van der Waals surface area contributed by atoms with Crippen LogP contribution in [0, 0.1) is 0 Å². The third kappa shape index (κ3) is 1.65. The molecule has 0 aromatic carbocycles. The molecule has 0 aliphatic carbocycles. The van der Waals surface area contributed by atoms with Crippen molar-refractivity contribution >= 4 is 17.6 Å². The lowest BCUT2D eigenvalue weighted by Crippen LogP contribution is -1.99. The molecule has 1 aromatic rings. The maximum atomic E-state index is 10.5. The van der Waals surface area contributed by atoms with Crippen LogP contribution in [0.15, 0.2) is 12.3 Å². The summed E-state index contributed by atoms with van der Waals surface area (Å²) < 4.78 is 4.74. The lowest BCUT2D eigenvalue weighted by atomic mass is 10.3. The first kappa shape index (κ1) is 8.80. The smallest absolute Gasteiger partial charge is 0.338 e. The number of pyridine rings is 1. The molecule has 1 rings (SSSR count). The number of carboxylic acid groups (broad SMARTS) is 1. The first-order valence-corrected chi connectivity index (χ1v) is 3.45. The molecule has 0 radical (unpaired) electrons. The van der Waals surface area contributed by atoms with Crippen LogP contribution < -0.4 is 4.74 Å². The number of carbonyl (C=O) groups is 1. The maximum absolute atomic E-state index is 10.5. The summed E-state index contributed by atoms with van der Waals surface area (Å²) in [5.41, 5.74) is -0.0301. The van der Waals surface area contributed by atoms with Crippen LogP contribution in [-0.4, -0.2) is 23.2 Å². The monoisotopic (exact) mass is 187 g/mol. The molecule has 5 heteroatoms. The SMILES string of the molecule is COc1cc(Cl)c(C(=O)O)cn1. The summed E-state index contributed by atoms with van der Waals surface area (Å²) in [6, 6.07) is 1.35. The lowest BCUT2D eigenvalue weighted by Gasteiger charge is -2.00. The van der Waals surface area contributed by atoms with Crippen LogP contribution in [0.25, 0.3) is 0 Å². The van der Waals surface area contributed by atoms with Crippen LogP contribution in [0.4, 0.5) is 0 Å². The number of rotatable bonds is 2. The number of aromatic carboxylic acids is 1. The molecule has 0 unspecified atom stereocenters. The molecule has 0 aliphatic heterocycles. The van der Waals surface area contributed by atoms with Gasteiger partial charge in [0.05, 0.1) is 17.7 Å². The van der Waals surface area contributed by atoms with Crippen molar-refractivity contribution in [1.82, 2.24) is 4.98 Å². The Morgan fingerprint density at radius 3 is 2.83 bits per heavy atom. The molecule has 1 N–H and O–H groups in total. The van der Waals surface area contributed by atoms with E-state index in [4.69, 9.17) is 21.4 Å². The fraction of sp³-hybridized carbons (Fsp3) is 0.143. The van der Waals surface area contributed by atoms with Gasteiger partial charge in [0.1, 0.15) is 0 Å². The predicted octanol–water partition coefficient (Wildman–Crippen LogP) is 1.44. The van der Waals surface area contributed by atoms with Gasteiger partial charge in [-0.15, -0.1) is 0 Å². The number of ether oxygens (including phenoxy) is 1. The standard InChI is InChI=1S/C7H6ClNO3/c1-12-6-2-5(8)4(3-9-6)7(10)11/h2-3H,1H3,(H,10,11). The molecular weight excluding hydrogens is 182 g/mol. The van der Waals surface area contributed by atoms with Gasteiger partial charge < -0.3 is 9.84 Å². The van der Waals surface area contributed by atoms with Gasteiger partial charge in [-0.1, -0.05) is 11.6 Å². The number of carboxylic acids is 1. The summed E-state index contributed by atoms with van der Waals surface area (Å²) in [6.45, 7) is 0. The highest BCUT2D eigenvalue weighted by Crippen LogP contribution is 2.19. The zero-order valence-electron chi connectivity index (χ0n) is 6.24. The van der Waals surface area contributed by atoms with Crippen LogP contribution in [-0.2, 0) is 0 Å². The summed E-state index contributed by atoms with van der Waals surface area (Å²) >= 11 is 5.60. The van der Waals surface area contributed by atoms with Gasteiger partial charge in [0.2, 0.25) is 5.88 Å². The number of halogens is 1. The van der Waals surface area contributed by atoms with E-state index in [0.717, 1.165) is 6.20 Å². The molecule has 0 saturated carbocycles. The van der Waals surface area contributed by atoms with Gasteiger partial charge in [0, 0.05) is 12.3 Å². The third-order valence-corrected chi connectivity index (χ3v) is 1.58. The minimum atomic E-state index is -1.10. The zero-order chi connectivity index (χ0) is 9.14. The molecule has 0 spiro atoms. The van der Waals surface area contributed by atoms with Crippen molar-refractivity contribution in [2.24, 2.45) is 0 Å². The average molecular weight is 188 g/mol. The molecule has 12 heavy (non-hydrogen) atoms. The zero-order valence-corrected chi connectivity index (χ0v) is 7.00. The quantitative estimate of drug-likeness (QED) is 0.761. The van der Waals surface area contributed by atoms with Gasteiger partial charge in [0.15, 0.2) is 0 Å². The van der Waals surface area contributed by atoms with Crippen LogP contribution in [0.5, 0.6) is 5.88 Å². The molecule has 0 saturated heterocycles. The molecule has 0 atom stereocenters. The second-order valence-electron chi connectivity index (χ2n) is 2.01. The van der Waals surface area contributed by atoms with Gasteiger partial charge >= 0.3 is 5.97 Å². The highest BCUT2D eigenvalue weighted by molar-refractivity contribution is 6.33. The van der Waals surface area contributed by atoms with Crippen molar-refractivity contribution in [3.05, 3.63) is 22.8 Å². The van der Waals surface area contributed by atoms with E-state index in [0.29, 0.717) is 5.88 Å². The fourth-order valence-corrected chi connectivity index (χ4v) is 0.905. The number of methoxy groups -OCH3 is 1. The number of aromatic nitrogens is 1. The predicted molar refractivity (Wildman–Crippen MR) is 42.8 cm³/mol. The van der Waals surface area contributed by atoms with Crippen LogP contribution in [0.2, 0.25) is 5.02 Å². The number of hydrogen-bond acceptors (Lipinski definition) is 3. The van der Waals surface area contributed by atoms with E-state index >= 15 is 0 Å². The van der Waals surface area contributed by atoms with Crippen LogP contribution in [0.3, 0.4) is 0 Å². The Balaban J connectivity index is 3.12. The van der Waals surface area contributed by atoms with Gasteiger partial charge in [-0.25, -0.2) is 9.78 Å². The second-order valence-corrected chi connectivity index (χ2v) is 2.42. The van der Waals surface area contributed by atoms with Gasteiger partial charge in [0.25, 0.3) is 0 Å². The minimum Gasteiger partial charge on any atom is -0.481 e. The van der Waals surface area contributed by atoms with E-state index in [1.54, 1.807) is 0 Å². The summed E-state index contributed by atoms with van der Waals surface area (Å²) in [4.78, 5) is 14.1. The number of nitrogens with zero attached hydrogens (tertiary/aromatic N) is 1. The molecule has 0 bridgehead atoms. The Labute approximate surface area is 73.8 Å². The van der Waals surface area contributed by atoms with Crippen molar-refractivity contribution in [3.8, 4) is 5.88 Å². The molecule has 0 aliphatic rings. The van der Waals surface area contributed by atoms with Gasteiger partial charge in [-0.2, -0.15) is 0 Å². The Morgan fingerprint density at radius 1 is 1.75 bits per heavy atom. The van der Waals surface area contributed by atoms with Crippen molar-refractivity contribution in [2.75, 3.05) is 7.11 Å². The number of hydrogen-bond donors (Lipinski definition) is 1. The average Bonchev–Trinajstić information content (AvgIpc) is 2.03. The Bertz CT molecular complexity index is 314. The van der Waals surface area contributed by atoms with E-state index in [9.17, 15) is 4.79 Å². The molecule has 1 aromatic heterocycles. The molecule has 0 fully saturated rings. The first-order chi connectivity index (χ1) is 5.65. The minimum absolute atomic E-state index is 0.0301. The topological polar surface area (TPSA) is 59.4 Å². The molecule has 64 valence electrons. The van der Waals surface area contributed by atoms with Crippen molar-refractivity contribution in [2.45, 2.75) is 0 Å². The highest BCUT2D eigenvalue weighted by atomic mass is 35.5. The second kappa shape index (κ2) is 3.40. The van der Waals surface area contributed by atoms with E-state index in [2.05, 4.69) is 4.98 Å². The normalized spacial score (nSPS) is 9.50. The van der Waals surface area contributed by atoms with Gasteiger partial charge in [-0.05, 0) is 0 Å². The van der Waals surface area contributed by atoms with E-state index in [-0.39, 0.29) is 10.6 Å². The molecule has 0 amide bonds. The summed E-state index contributed by atoms with van der Waals surface area (Å²) in [7, 11) is 1.43. The van der Waals surface area contributed by atoms with E-state index < -0.39 is 5.97 Å². The molecular formula is C7H6ClNO3. The molecule has 1 heterocycles. The van der Waals surface area contributed by atoms with Crippen molar-refractivity contribution < 1.29 is 14.6 Å². The lowest BCUT2D eigenvalue weighted by molar-refractivity contribution is 0.0696. The van der Waals surface area contributed by atoms with Crippen LogP contribution in [0.1, 0.15) is 10.4 Å². The maximum Gasteiger partial charge on any atom is 0.338 e. The van der Waals surface area contributed by atoms with Crippen molar-refractivity contribution in [3.63, 3.8) is 0 Å². The van der Waals surface area contributed by atoms with E-state index in [1.807, 2.05) is 0 Å². The van der Waals surface area contributed by atoms with Crippen LogP contribution >= 0.6 is 11.6 Å². The fourth-order valence-electron chi connectivity index (χ4n) is 0.682. The third-order valence-electron chi connectivity index (χ3n) is 1.27.